The molecule has 3 fully saturated rings. The highest BCUT2D eigenvalue weighted by atomic mass is 32.1. The van der Waals surface area contributed by atoms with Gasteiger partial charge in [-0.1, -0.05) is 13.0 Å². The maximum atomic E-state index is 5.44. The van der Waals surface area contributed by atoms with Gasteiger partial charge in [0, 0.05) is 41.8 Å². The zero-order valence-corrected chi connectivity index (χ0v) is 15.6. The largest absolute Gasteiger partial charge is 0.381 e. The first-order valence-corrected chi connectivity index (χ1v) is 10.4. The van der Waals surface area contributed by atoms with Crippen LogP contribution in [-0.2, 0) is 4.74 Å². The molecule has 1 aromatic rings. The van der Waals surface area contributed by atoms with Crippen molar-refractivity contribution in [2.75, 3.05) is 19.8 Å². The molecule has 1 aliphatic heterocycles. The first-order chi connectivity index (χ1) is 11.7. The highest BCUT2D eigenvalue weighted by molar-refractivity contribution is 7.13. The van der Waals surface area contributed by atoms with E-state index in [2.05, 4.69) is 30.2 Å². The number of hydrogen-bond acceptors (Lipinski definition) is 4. The van der Waals surface area contributed by atoms with Crippen LogP contribution < -0.4 is 10.6 Å². The summed E-state index contributed by atoms with van der Waals surface area (Å²) in [6.07, 6.45) is 7.80. The molecule has 3 nitrogen and oxygen atoms in total. The summed E-state index contributed by atoms with van der Waals surface area (Å²) in [4.78, 5) is 2.79. The van der Waals surface area contributed by atoms with Crippen LogP contribution in [0, 0.1) is 12.8 Å². The molecule has 2 heterocycles. The van der Waals surface area contributed by atoms with Crippen LogP contribution in [0.2, 0.25) is 0 Å². The van der Waals surface area contributed by atoms with Crippen LogP contribution >= 0.6 is 11.3 Å². The molecule has 0 spiro atoms. The van der Waals surface area contributed by atoms with E-state index in [-0.39, 0.29) is 0 Å². The fraction of sp³-hybridized carbons (Fsp3) is 0.700. The van der Waals surface area contributed by atoms with Gasteiger partial charge in [0.1, 0.15) is 0 Å². The lowest BCUT2D eigenvalue weighted by atomic mass is 9.85. The second-order valence-corrected chi connectivity index (χ2v) is 9.04. The molecule has 0 amide bonds. The van der Waals surface area contributed by atoms with Crippen molar-refractivity contribution < 1.29 is 4.74 Å². The summed E-state index contributed by atoms with van der Waals surface area (Å²) >= 11 is 1.90. The number of rotatable bonds is 7. The molecule has 2 saturated carbocycles. The summed E-state index contributed by atoms with van der Waals surface area (Å²) in [7, 11) is 0. The Morgan fingerprint density at radius 3 is 2.79 bits per heavy atom. The molecule has 132 valence electrons. The standard InChI is InChI=1S/C20H30N2OS/c1-13(22-16-6-8-23-9-7-16)20-11-17(14(2)24-20)18-10-19(18)21-12-15-4-3-5-15/h11,15-16,18-19,21-22H,1,3-10,12H2,2H3/t18-,19+/m0/s1. The van der Waals surface area contributed by atoms with Gasteiger partial charge in [0.2, 0.25) is 0 Å². The number of aryl methyl sites for hydroxylation is 1. The highest BCUT2D eigenvalue weighted by Gasteiger charge is 2.40. The number of thiophene rings is 1. The van der Waals surface area contributed by atoms with Crippen LogP contribution in [0.4, 0.5) is 0 Å². The molecule has 0 bridgehead atoms. The van der Waals surface area contributed by atoms with E-state index in [1.807, 2.05) is 11.3 Å². The summed E-state index contributed by atoms with van der Waals surface area (Å²) < 4.78 is 5.44. The summed E-state index contributed by atoms with van der Waals surface area (Å²) in [5.74, 6) is 1.68. The van der Waals surface area contributed by atoms with Crippen molar-refractivity contribution >= 4 is 17.0 Å². The van der Waals surface area contributed by atoms with Crippen molar-refractivity contribution in [3.05, 3.63) is 28.0 Å². The average molecular weight is 347 g/mol. The number of nitrogens with one attached hydrogen (secondary N) is 2. The van der Waals surface area contributed by atoms with Gasteiger partial charge in [-0.25, -0.2) is 0 Å². The zero-order valence-electron chi connectivity index (χ0n) is 14.8. The van der Waals surface area contributed by atoms with Gasteiger partial charge < -0.3 is 15.4 Å². The van der Waals surface area contributed by atoms with Crippen LogP contribution in [0.5, 0.6) is 0 Å². The first kappa shape index (κ1) is 16.6. The van der Waals surface area contributed by atoms with E-state index < -0.39 is 0 Å². The molecule has 2 aliphatic carbocycles. The van der Waals surface area contributed by atoms with Gasteiger partial charge in [0.05, 0.1) is 4.88 Å². The molecule has 2 atom stereocenters. The molecule has 1 saturated heterocycles. The van der Waals surface area contributed by atoms with Crippen molar-refractivity contribution in [2.24, 2.45) is 5.92 Å². The molecular formula is C20H30N2OS. The highest BCUT2D eigenvalue weighted by Crippen LogP contribution is 2.45. The zero-order chi connectivity index (χ0) is 16.5. The van der Waals surface area contributed by atoms with E-state index in [9.17, 15) is 0 Å². The minimum Gasteiger partial charge on any atom is -0.381 e. The predicted octanol–water partition coefficient (Wildman–Crippen LogP) is 4.04. The van der Waals surface area contributed by atoms with E-state index in [4.69, 9.17) is 4.74 Å². The normalized spacial score (nSPS) is 27.7. The van der Waals surface area contributed by atoms with Crippen molar-refractivity contribution in [1.29, 1.82) is 0 Å². The third kappa shape index (κ3) is 3.71. The van der Waals surface area contributed by atoms with Gasteiger partial charge in [-0.15, -0.1) is 11.3 Å². The van der Waals surface area contributed by atoms with E-state index in [0.29, 0.717) is 12.1 Å². The molecular weight excluding hydrogens is 316 g/mol. The first-order valence-electron chi connectivity index (χ1n) is 9.58. The Bertz CT molecular complexity index is 586. The Balaban J connectivity index is 1.31. The maximum absolute atomic E-state index is 5.44. The molecule has 0 aromatic carbocycles. The van der Waals surface area contributed by atoms with Gasteiger partial charge in [-0.05, 0) is 63.1 Å². The van der Waals surface area contributed by atoms with Crippen LogP contribution in [-0.4, -0.2) is 31.8 Å². The third-order valence-corrected chi connectivity index (χ3v) is 7.06. The fourth-order valence-electron chi connectivity index (χ4n) is 3.95. The second-order valence-electron chi connectivity index (χ2n) is 7.79. The lowest BCUT2D eigenvalue weighted by Crippen LogP contribution is -2.33. The van der Waals surface area contributed by atoms with E-state index in [1.54, 1.807) is 5.56 Å². The molecule has 0 radical (unpaired) electrons. The molecule has 1 aromatic heterocycles. The molecule has 4 heteroatoms. The van der Waals surface area contributed by atoms with E-state index >= 15 is 0 Å². The Morgan fingerprint density at radius 2 is 2.08 bits per heavy atom. The van der Waals surface area contributed by atoms with E-state index in [1.165, 1.54) is 42.0 Å². The van der Waals surface area contributed by atoms with Gasteiger partial charge in [-0.3, -0.25) is 0 Å². The topological polar surface area (TPSA) is 33.3 Å². The summed E-state index contributed by atoms with van der Waals surface area (Å²) in [6, 6.07) is 3.63. The van der Waals surface area contributed by atoms with Gasteiger partial charge in [-0.2, -0.15) is 0 Å². The lowest BCUT2D eigenvalue weighted by Gasteiger charge is -2.25. The Hall–Kier alpha value is -0.840. The van der Waals surface area contributed by atoms with Crippen molar-refractivity contribution in [3.8, 4) is 0 Å². The van der Waals surface area contributed by atoms with Crippen molar-refractivity contribution in [1.82, 2.24) is 10.6 Å². The van der Waals surface area contributed by atoms with Crippen LogP contribution in [0.1, 0.15) is 59.8 Å². The van der Waals surface area contributed by atoms with Crippen LogP contribution in [0.3, 0.4) is 0 Å². The Morgan fingerprint density at radius 1 is 1.29 bits per heavy atom. The fourth-order valence-corrected chi connectivity index (χ4v) is 4.98. The van der Waals surface area contributed by atoms with E-state index in [0.717, 1.165) is 43.6 Å². The molecule has 0 unspecified atom stereocenters. The predicted molar refractivity (Wildman–Crippen MR) is 102 cm³/mol. The Kier molecular flexibility index (Phi) is 4.98. The van der Waals surface area contributed by atoms with Gasteiger partial charge in [0.15, 0.2) is 0 Å². The maximum Gasteiger partial charge on any atom is 0.0501 e. The summed E-state index contributed by atoms with van der Waals surface area (Å²) in [5.41, 5.74) is 2.65. The minimum atomic E-state index is 0.523. The second kappa shape index (κ2) is 7.19. The van der Waals surface area contributed by atoms with Crippen molar-refractivity contribution in [3.63, 3.8) is 0 Å². The van der Waals surface area contributed by atoms with Gasteiger partial charge in [0.25, 0.3) is 0 Å². The van der Waals surface area contributed by atoms with Crippen LogP contribution in [0.25, 0.3) is 5.70 Å². The molecule has 2 N–H and O–H groups in total. The van der Waals surface area contributed by atoms with Gasteiger partial charge >= 0.3 is 0 Å². The quantitative estimate of drug-likeness (QED) is 0.782. The molecule has 3 aliphatic rings. The summed E-state index contributed by atoms with van der Waals surface area (Å²) in [5, 5.41) is 7.41. The SMILES string of the molecule is C=C(NC1CCOCC1)c1cc([C@@H]2C[C@H]2NCC2CCC2)c(C)s1. The molecule has 4 rings (SSSR count). The monoisotopic (exact) mass is 346 g/mol. The molecule has 24 heavy (non-hydrogen) atoms. The smallest absolute Gasteiger partial charge is 0.0501 e. The number of ether oxygens (including phenoxy) is 1. The van der Waals surface area contributed by atoms with Crippen molar-refractivity contribution in [2.45, 2.75) is 63.5 Å². The van der Waals surface area contributed by atoms with Crippen LogP contribution in [0.15, 0.2) is 12.6 Å². The summed E-state index contributed by atoms with van der Waals surface area (Å²) in [6.45, 7) is 9.54. The lowest BCUT2D eigenvalue weighted by molar-refractivity contribution is 0.0819. The Labute approximate surface area is 149 Å². The third-order valence-electron chi connectivity index (χ3n) is 5.94. The minimum absolute atomic E-state index is 0.523. The average Bonchev–Trinajstić information content (AvgIpc) is 3.19. The number of hydrogen-bond donors (Lipinski definition) is 2.